The lowest BCUT2D eigenvalue weighted by Crippen LogP contribution is -2.28. The largest absolute Gasteiger partial charge is 0.390 e. The summed E-state index contributed by atoms with van der Waals surface area (Å²) in [5.41, 5.74) is 0. The molecule has 0 spiro atoms. The molecule has 1 saturated heterocycles. The van der Waals surface area contributed by atoms with E-state index in [9.17, 15) is 13.2 Å². The van der Waals surface area contributed by atoms with Crippen molar-refractivity contribution >= 4 is 17.8 Å². The van der Waals surface area contributed by atoms with E-state index in [1.165, 1.54) is 4.90 Å². The van der Waals surface area contributed by atoms with Crippen molar-refractivity contribution in [2.75, 3.05) is 48.8 Å². The van der Waals surface area contributed by atoms with Gasteiger partial charge in [-0.05, 0) is 12.8 Å². The van der Waals surface area contributed by atoms with E-state index in [-0.39, 0.29) is 12.5 Å². The van der Waals surface area contributed by atoms with Crippen LogP contribution in [0, 0.1) is 0 Å². The van der Waals surface area contributed by atoms with Crippen molar-refractivity contribution in [3.8, 4) is 0 Å². The van der Waals surface area contributed by atoms with Crippen LogP contribution in [0.2, 0.25) is 0 Å². The molecule has 21 heavy (non-hydrogen) atoms. The second-order valence-corrected chi connectivity index (χ2v) is 4.99. The predicted octanol–water partition coefficient (Wildman–Crippen LogP) is 1.90. The molecule has 1 N–H and O–H groups in total. The summed E-state index contributed by atoms with van der Waals surface area (Å²) in [6.07, 6.45) is -2.95. The van der Waals surface area contributed by atoms with Crippen LogP contribution in [0.25, 0.3) is 0 Å². The Kier molecular flexibility index (Phi) is 4.69. The average Bonchev–Trinajstić information content (AvgIpc) is 2.97. The Morgan fingerprint density at radius 2 is 1.86 bits per heavy atom. The molecule has 0 bridgehead atoms. The molecule has 2 rings (SSSR count). The molecule has 1 aliphatic heterocycles. The first-order valence-electron chi connectivity index (χ1n) is 6.86. The van der Waals surface area contributed by atoms with Crippen LogP contribution in [0.1, 0.15) is 19.3 Å². The van der Waals surface area contributed by atoms with E-state index in [1.807, 2.05) is 4.90 Å². The second-order valence-electron chi connectivity index (χ2n) is 4.99. The fraction of sp³-hybridized carbons (Fsp3) is 0.750. The zero-order valence-electron chi connectivity index (χ0n) is 12.1. The zero-order valence-corrected chi connectivity index (χ0v) is 12.1. The Labute approximate surface area is 121 Å². The molecule has 2 heterocycles. The average molecular weight is 304 g/mol. The van der Waals surface area contributed by atoms with E-state index in [2.05, 4.69) is 20.3 Å². The standard InChI is InChI=1S/C12H19F3N6/c1-16-9-17-10(20(2)8-5-12(13,14)15)19-11(18-9)21-6-3-4-7-21/h3-8H2,1-2H3,(H,16,17,18,19). The topological polar surface area (TPSA) is 57.2 Å². The molecule has 1 aromatic heterocycles. The van der Waals surface area contributed by atoms with Gasteiger partial charge in [-0.3, -0.25) is 0 Å². The molecule has 1 aliphatic rings. The van der Waals surface area contributed by atoms with Crippen LogP contribution >= 0.6 is 0 Å². The lowest BCUT2D eigenvalue weighted by molar-refractivity contribution is -0.132. The lowest BCUT2D eigenvalue weighted by atomic mass is 10.4. The second kappa shape index (κ2) is 6.31. The van der Waals surface area contributed by atoms with Crippen LogP contribution in [-0.2, 0) is 0 Å². The summed E-state index contributed by atoms with van der Waals surface area (Å²) in [6, 6.07) is 0. The Balaban J connectivity index is 2.15. The van der Waals surface area contributed by atoms with Gasteiger partial charge >= 0.3 is 6.18 Å². The van der Waals surface area contributed by atoms with Gasteiger partial charge in [-0.15, -0.1) is 0 Å². The van der Waals surface area contributed by atoms with E-state index >= 15 is 0 Å². The number of alkyl halides is 3. The van der Waals surface area contributed by atoms with Crippen molar-refractivity contribution in [1.29, 1.82) is 0 Å². The van der Waals surface area contributed by atoms with Crippen LogP contribution in [-0.4, -0.2) is 54.9 Å². The molecule has 0 aliphatic carbocycles. The molecule has 0 aromatic carbocycles. The number of nitrogens with one attached hydrogen (secondary N) is 1. The summed E-state index contributed by atoms with van der Waals surface area (Å²) in [5.74, 6) is 1.13. The van der Waals surface area contributed by atoms with E-state index < -0.39 is 12.6 Å². The van der Waals surface area contributed by atoms with Gasteiger partial charge in [-0.2, -0.15) is 28.1 Å². The summed E-state index contributed by atoms with van der Waals surface area (Å²) in [4.78, 5) is 16.1. The molecule has 0 radical (unpaired) electrons. The van der Waals surface area contributed by atoms with E-state index in [4.69, 9.17) is 0 Å². The number of hydrogen-bond acceptors (Lipinski definition) is 6. The van der Waals surface area contributed by atoms with E-state index in [0.29, 0.717) is 11.9 Å². The Morgan fingerprint density at radius 1 is 1.19 bits per heavy atom. The van der Waals surface area contributed by atoms with E-state index in [1.54, 1.807) is 14.1 Å². The molecule has 118 valence electrons. The van der Waals surface area contributed by atoms with Gasteiger partial charge < -0.3 is 15.1 Å². The molecular weight excluding hydrogens is 285 g/mol. The maximum absolute atomic E-state index is 12.3. The number of rotatable bonds is 5. The number of anilines is 3. The summed E-state index contributed by atoms with van der Waals surface area (Å²) in [5, 5.41) is 2.82. The van der Waals surface area contributed by atoms with Gasteiger partial charge in [-0.25, -0.2) is 0 Å². The van der Waals surface area contributed by atoms with Crippen LogP contribution in [0.4, 0.5) is 31.0 Å². The molecule has 1 fully saturated rings. The number of halogens is 3. The molecule has 6 nitrogen and oxygen atoms in total. The van der Waals surface area contributed by atoms with Crippen molar-refractivity contribution in [3.05, 3.63) is 0 Å². The first-order valence-corrected chi connectivity index (χ1v) is 6.86. The van der Waals surface area contributed by atoms with Crippen LogP contribution in [0.15, 0.2) is 0 Å². The van der Waals surface area contributed by atoms with Gasteiger partial charge in [0, 0.05) is 33.7 Å². The molecule has 0 saturated carbocycles. The van der Waals surface area contributed by atoms with Crippen molar-refractivity contribution in [3.63, 3.8) is 0 Å². The van der Waals surface area contributed by atoms with Gasteiger partial charge in [0.2, 0.25) is 17.8 Å². The fourth-order valence-electron chi connectivity index (χ4n) is 2.09. The number of aromatic nitrogens is 3. The first-order chi connectivity index (χ1) is 9.89. The maximum atomic E-state index is 12.3. The smallest absolute Gasteiger partial charge is 0.357 e. The van der Waals surface area contributed by atoms with Gasteiger partial charge in [0.1, 0.15) is 0 Å². The van der Waals surface area contributed by atoms with Crippen molar-refractivity contribution < 1.29 is 13.2 Å². The van der Waals surface area contributed by atoms with Crippen LogP contribution < -0.4 is 15.1 Å². The monoisotopic (exact) mass is 304 g/mol. The van der Waals surface area contributed by atoms with Gasteiger partial charge in [0.25, 0.3) is 0 Å². The Morgan fingerprint density at radius 3 is 2.43 bits per heavy atom. The van der Waals surface area contributed by atoms with Crippen molar-refractivity contribution in [2.45, 2.75) is 25.4 Å². The van der Waals surface area contributed by atoms with E-state index in [0.717, 1.165) is 25.9 Å². The number of hydrogen-bond donors (Lipinski definition) is 1. The minimum Gasteiger partial charge on any atom is -0.357 e. The third kappa shape index (κ3) is 4.33. The van der Waals surface area contributed by atoms with Crippen LogP contribution in [0.5, 0.6) is 0 Å². The normalized spacial score (nSPS) is 15.4. The molecule has 0 amide bonds. The maximum Gasteiger partial charge on any atom is 0.390 e. The van der Waals surface area contributed by atoms with Gasteiger partial charge in [-0.1, -0.05) is 0 Å². The highest BCUT2D eigenvalue weighted by molar-refractivity contribution is 5.45. The Hall–Kier alpha value is -1.80. The summed E-state index contributed by atoms with van der Waals surface area (Å²) in [7, 11) is 3.22. The molecule has 0 atom stereocenters. The molecule has 9 heteroatoms. The molecule has 0 unspecified atom stereocenters. The quantitative estimate of drug-likeness (QED) is 0.896. The summed E-state index contributed by atoms with van der Waals surface area (Å²) >= 11 is 0. The minimum absolute atomic E-state index is 0.184. The van der Waals surface area contributed by atoms with Crippen LogP contribution in [0.3, 0.4) is 0 Å². The van der Waals surface area contributed by atoms with Gasteiger partial charge in [0.05, 0.1) is 6.42 Å². The third-order valence-corrected chi connectivity index (χ3v) is 3.30. The first kappa shape index (κ1) is 15.6. The number of nitrogens with zero attached hydrogens (tertiary/aromatic N) is 5. The lowest BCUT2D eigenvalue weighted by Gasteiger charge is -2.21. The van der Waals surface area contributed by atoms with Crippen molar-refractivity contribution in [2.24, 2.45) is 0 Å². The highest BCUT2D eigenvalue weighted by Crippen LogP contribution is 2.22. The fourth-order valence-corrected chi connectivity index (χ4v) is 2.09. The highest BCUT2D eigenvalue weighted by Gasteiger charge is 2.28. The molecular formula is C12H19F3N6. The summed E-state index contributed by atoms with van der Waals surface area (Å²) in [6.45, 7) is 1.54. The minimum atomic E-state index is -4.19. The predicted molar refractivity (Wildman–Crippen MR) is 74.8 cm³/mol. The van der Waals surface area contributed by atoms with Crippen molar-refractivity contribution in [1.82, 2.24) is 15.0 Å². The summed E-state index contributed by atoms with van der Waals surface area (Å²) < 4.78 is 36.9. The highest BCUT2D eigenvalue weighted by atomic mass is 19.4. The Bertz CT molecular complexity index is 473. The van der Waals surface area contributed by atoms with Gasteiger partial charge in [0.15, 0.2) is 0 Å². The third-order valence-electron chi connectivity index (χ3n) is 3.30. The SMILES string of the molecule is CNc1nc(N(C)CCC(F)(F)F)nc(N2CCCC2)n1. The molecule has 1 aromatic rings. The zero-order chi connectivity index (χ0) is 15.5.